The highest BCUT2D eigenvalue weighted by Crippen LogP contribution is 2.34. The quantitative estimate of drug-likeness (QED) is 0.154. The highest BCUT2D eigenvalue weighted by molar-refractivity contribution is 6.38. The predicted octanol–water partition coefficient (Wildman–Crippen LogP) is 3.13. The second kappa shape index (κ2) is 18.4. The number of hydrogen-bond acceptors (Lipinski definition) is 8. The third-order valence-corrected chi connectivity index (χ3v) is 10.3. The predicted molar refractivity (Wildman–Crippen MR) is 187 cm³/mol. The van der Waals surface area contributed by atoms with Gasteiger partial charge in [0.15, 0.2) is 0 Å². The van der Waals surface area contributed by atoms with Crippen molar-refractivity contribution in [2.24, 2.45) is 23.2 Å². The Labute approximate surface area is 296 Å². The fourth-order valence-corrected chi connectivity index (χ4v) is 7.23. The fourth-order valence-electron chi connectivity index (χ4n) is 7.23. The summed E-state index contributed by atoms with van der Waals surface area (Å²) >= 11 is 0. The first-order chi connectivity index (χ1) is 23.8. The van der Waals surface area contributed by atoms with Gasteiger partial charge in [0.05, 0.1) is 12.2 Å². The normalized spacial score (nSPS) is 21.3. The molecule has 276 valence electrons. The summed E-state index contributed by atoms with van der Waals surface area (Å²) in [4.78, 5) is 86.8. The van der Waals surface area contributed by atoms with Gasteiger partial charge in [-0.25, -0.2) is 4.98 Å². The molecule has 0 spiro atoms. The molecule has 0 bridgehead atoms. The topological polar surface area (TPSA) is 188 Å². The van der Waals surface area contributed by atoms with E-state index in [1.54, 1.807) is 0 Å². The lowest BCUT2D eigenvalue weighted by molar-refractivity contribution is -0.140. The zero-order chi connectivity index (χ0) is 36.3. The van der Waals surface area contributed by atoms with Crippen LogP contribution in [0.3, 0.4) is 0 Å². The van der Waals surface area contributed by atoms with E-state index in [9.17, 15) is 28.8 Å². The van der Waals surface area contributed by atoms with Crippen molar-refractivity contribution < 1.29 is 28.8 Å². The average Bonchev–Trinajstić information content (AvgIpc) is 3.80. The van der Waals surface area contributed by atoms with Gasteiger partial charge in [-0.05, 0) is 61.7 Å². The summed E-state index contributed by atoms with van der Waals surface area (Å²) in [5.74, 6) is -2.41. The van der Waals surface area contributed by atoms with E-state index in [-0.39, 0.29) is 47.7 Å². The van der Waals surface area contributed by atoms with Gasteiger partial charge in [0.25, 0.3) is 11.8 Å². The van der Waals surface area contributed by atoms with Crippen molar-refractivity contribution in [2.75, 3.05) is 6.54 Å². The van der Waals surface area contributed by atoms with Gasteiger partial charge in [-0.15, -0.1) is 0 Å². The van der Waals surface area contributed by atoms with E-state index in [1.807, 2.05) is 27.7 Å². The van der Waals surface area contributed by atoms with Crippen LogP contribution in [-0.2, 0) is 24.0 Å². The van der Waals surface area contributed by atoms with Gasteiger partial charge in [-0.1, -0.05) is 72.6 Å². The third kappa shape index (κ3) is 11.9. The van der Waals surface area contributed by atoms with Crippen LogP contribution < -0.4 is 26.6 Å². The zero-order valence-corrected chi connectivity index (χ0v) is 30.2. The first kappa shape index (κ1) is 38.9. The number of amides is 5. The molecule has 3 saturated carbocycles. The molecule has 1 aromatic heterocycles. The number of carbonyl (C=O) groups excluding carboxylic acids is 6. The van der Waals surface area contributed by atoms with Crippen molar-refractivity contribution in [1.82, 2.24) is 36.6 Å². The summed E-state index contributed by atoms with van der Waals surface area (Å²) in [7, 11) is 0. The number of ketones is 1. The average molecular weight is 696 g/mol. The van der Waals surface area contributed by atoms with Gasteiger partial charge in [-0.2, -0.15) is 0 Å². The smallest absolute Gasteiger partial charge is 0.289 e. The van der Waals surface area contributed by atoms with Crippen LogP contribution in [0.1, 0.15) is 128 Å². The minimum atomic E-state index is -0.872. The highest BCUT2D eigenvalue weighted by atomic mass is 16.2. The number of aromatic nitrogens is 2. The van der Waals surface area contributed by atoms with Gasteiger partial charge >= 0.3 is 0 Å². The SMILES string of the molecule is CCCC(NC(=O)C[C@H]1CCC[C@H]1CNC(=O)[C@@H](NC(=O)[C@H](CC1CCCCC1)NC(=O)c1cnccn1)C(C)(C)C)C(=O)C(=O)NC1CC1. The summed E-state index contributed by atoms with van der Waals surface area (Å²) in [6, 6.07) is -2.51. The molecule has 3 fully saturated rings. The number of nitrogens with zero attached hydrogens (tertiary/aromatic N) is 2. The van der Waals surface area contributed by atoms with Crippen molar-refractivity contribution in [3.8, 4) is 0 Å². The minimum absolute atomic E-state index is 0.00631. The standard InChI is InChI=1S/C37H57N7O6/c1-5-10-27(31(46)35(49)41-26-15-16-26)42-30(45)20-24-13-9-14-25(24)21-40-36(50)32(37(2,3)4)44-33(47)28(19-23-11-7-6-8-12-23)43-34(48)29-22-38-17-18-39-29/h17-18,22-28,32H,5-16,19-21H2,1-4H3,(H,40,50)(H,41,49)(H,42,45)(H,43,48)(H,44,47)/t24-,25+,27?,28+,32-/m1/s1. The Hall–Kier alpha value is -3.90. The molecule has 13 heteroatoms. The molecule has 0 radical (unpaired) electrons. The lowest BCUT2D eigenvalue weighted by Gasteiger charge is -2.33. The molecule has 1 aromatic rings. The summed E-state index contributed by atoms with van der Waals surface area (Å²) in [6.07, 6.45) is 15.6. The molecule has 13 nitrogen and oxygen atoms in total. The molecule has 5 N–H and O–H groups in total. The first-order valence-electron chi connectivity index (χ1n) is 18.6. The molecule has 4 rings (SSSR count). The van der Waals surface area contributed by atoms with Crippen molar-refractivity contribution in [2.45, 2.75) is 142 Å². The summed E-state index contributed by atoms with van der Waals surface area (Å²) in [6.45, 7) is 7.89. The Morgan fingerprint density at radius 3 is 2.18 bits per heavy atom. The Balaban J connectivity index is 1.34. The molecule has 5 amide bonds. The third-order valence-electron chi connectivity index (χ3n) is 10.3. The van der Waals surface area contributed by atoms with E-state index in [1.165, 1.54) is 18.6 Å². The molecule has 0 aliphatic heterocycles. The number of carbonyl (C=O) groups is 6. The van der Waals surface area contributed by atoms with Crippen molar-refractivity contribution in [1.29, 1.82) is 0 Å². The van der Waals surface area contributed by atoms with E-state index >= 15 is 0 Å². The molecule has 1 unspecified atom stereocenters. The molecule has 1 heterocycles. The highest BCUT2D eigenvalue weighted by Gasteiger charge is 2.38. The second-order valence-electron chi connectivity index (χ2n) is 15.6. The lowest BCUT2D eigenvalue weighted by Crippen LogP contribution is -2.58. The number of Topliss-reactive ketones (excluding diaryl/α,β-unsaturated/α-hetero) is 1. The van der Waals surface area contributed by atoms with Crippen LogP contribution in [0.25, 0.3) is 0 Å². The molecule has 3 aliphatic rings. The van der Waals surface area contributed by atoms with Crippen LogP contribution in [0.15, 0.2) is 18.6 Å². The molecule has 5 atom stereocenters. The molecule has 0 saturated heterocycles. The van der Waals surface area contributed by atoms with E-state index in [4.69, 9.17) is 0 Å². The number of hydrogen-bond donors (Lipinski definition) is 5. The maximum absolute atomic E-state index is 13.8. The van der Waals surface area contributed by atoms with Crippen LogP contribution >= 0.6 is 0 Å². The molecule has 0 aromatic carbocycles. The monoisotopic (exact) mass is 695 g/mol. The van der Waals surface area contributed by atoms with Gasteiger partial charge in [0, 0.05) is 31.4 Å². The van der Waals surface area contributed by atoms with Gasteiger partial charge in [-0.3, -0.25) is 33.8 Å². The molecule has 50 heavy (non-hydrogen) atoms. The Bertz CT molecular complexity index is 1340. The van der Waals surface area contributed by atoms with Crippen molar-refractivity contribution in [3.63, 3.8) is 0 Å². The zero-order valence-electron chi connectivity index (χ0n) is 30.2. The van der Waals surface area contributed by atoms with E-state index in [2.05, 4.69) is 36.6 Å². The largest absolute Gasteiger partial charge is 0.354 e. The Kier molecular flexibility index (Phi) is 14.3. The van der Waals surface area contributed by atoms with Crippen molar-refractivity contribution >= 4 is 35.3 Å². The van der Waals surface area contributed by atoms with Crippen LogP contribution in [0.4, 0.5) is 0 Å². The van der Waals surface area contributed by atoms with Gasteiger partial charge in [0.2, 0.25) is 23.5 Å². The minimum Gasteiger partial charge on any atom is -0.354 e. The maximum Gasteiger partial charge on any atom is 0.289 e. The fraction of sp³-hybridized carbons (Fsp3) is 0.730. The van der Waals surface area contributed by atoms with Crippen LogP contribution in [0.5, 0.6) is 0 Å². The van der Waals surface area contributed by atoms with Crippen molar-refractivity contribution in [3.05, 3.63) is 24.3 Å². The van der Waals surface area contributed by atoms with Gasteiger partial charge in [0.1, 0.15) is 17.8 Å². The first-order valence-corrected chi connectivity index (χ1v) is 18.6. The maximum atomic E-state index is 13.8. The Morgan fingerprint density at radius 2 is 1.54 bits per heavy atom. The molecule has 3 aliphatic carbocycles. The van der Waals surface area contributed by atoms with Crippen LogP contribution in [0.2, 0.25) is 0 Å². The molecular weight excluding hydrogens is 638 g/mol. The number of nitrogens with one attached hydrogen (secondary N) is 5. The summed E-state index contributed by atoms with van der Waals surface area (Å²) in [5.41, 5.74) is -0.517. The van der Waals surface area contributed by atoms with E-state index < -0.39 is 47.0 Å². The molecular formula is C37H57N7O6. The number of rotatable bonds is 17. The summed E-state index contributed by atoms with van der Waals surface area (Å²) < 4.78 is 0. The second-order valence-corrected chi connectivity index (χ2v) is 15.6. The van der Waals surface area contributed by atoms with Crippen LogP contribution in [-0.4, -0.2) is 76.0 Å². The Morgan fingerprint density at radius 1 is 0.820 bits per heavy atom. The van der Waals surface area contributed by atoms with E-state index in [0.29, 0.717) is 25.8 Å². The summed E-state index contributed by atoms with van der Waals surface area (Å²) in [5, 5.41) is 14.4. The van der Waals surface area contributed by atoms with E-state index in [0.717, 1.165) is 64.2 Å². The van der Waals surface area contributed by atoms with Gasteiger partial charge < -0.3 is 26.6 Å². The van der Waals surface area contributed by atoms with Crippen LogP contribution in [0, 0.1) is 23.2 Å². The lowest BCUT2D eigenvalue weighted by atomic mass is 9.83.